The van der Waals surface area contributed by atoms with Crippen LogP contribution in [0.5, 0.6) is 11.5 Å². The number of aryl methyl sites for hydroxylation is 1. The molecule has 0 unspecified atom stereocenters. The van der Waals surface area contributed by atoms with Gasteiger partial charge in [0.2, 0.25) is 12.7 Å². The summed E-state index contributed by atoms with van der Waals surface area (Å²) < 4.78 is 14.6. The molecule has 1 saturated carbocycles. The lowest BCUT2D eigenvalue weighted by Gasteiger charge is -2.34. The number of fused-ring (bicyclic) bond motifs is 1. The van der Waals surface area contributed by atoms with Gasteiger partial charge in [-0.05, 0) is 48.5 Å². The molecule has 3 heterocycles. The highest BCUT2D eigenvalue weighted by Gasteiger charge is 2.46. The van der Waals surface area contributed by atoms with Gasteiger partial charge in [0.25, 0.3) is 5.91 Å². The van der Waals surface area contributed by atoms with Crippen molar-refractivity contribution in [1.29, 1.82) is 0 Å². The van der Waals surface area contributed by atoms with Gasteiger partial charge in [-0.3, -0.25) is 9.59 Å². The maximum Gasteiger partial charge on any atom is 0.267 e. The number of carbonyl (C=O) groups is 2. The molecule has 1 saturated heterocycles. The molecule has 5 rings (SSSR count). The summed E-state index contributed by atoms with van der Waals surface area (Å²) in [6, 6.07) is 5.92. The molecule has 2 fully saturated rings. The second-order valence-corrected chi connectivity index (χ2v) is 8.12. The van der Waals surface area contributed by atoms with E-state index in [1.165, 1.54) is 0 Å². The monoisotopic (exact) mass is 400 g/mol. The second kappa shape index (κ2) is 6.73. The summed E-state index contributed by atoms with van der Waals surface area (Å²) in [5, 5.41) is 3.91. The molecule has 0 bridgehead atoms. The van der Waals surface area contributed by atoms with Crippen LogP contribution < -0.4 is 9.47 Å². The Morgan fingerprint density at radius 2 is 1.86 bits per heavy atom. The number of nitrogens with zero attached hydrogens (tertiary/aromatic N) is 4. The van der Waals surface area contributed by atoms with Crippen LogP contribution in [0.15, 0.2) is 18.2 Å². The fourth-order valence-electron chi connectivity index (χ4n) is 3.92. The Labute approximate surface area is 166 Å². The summed E-state index contributed by atoms with van der Waals surface area (Å²) in [4.78, 5) is 29.7. The summed E-state index contributed by atoms with van der Waals surface area (Å²) in [5.41, 5.74) is 1.79. The number of carbonyl (C=O) groups excluding carboxylic acids is 2. The van der Waals surface area contributed by atoms with E-state index in [9.17, 15) is 9.59 Å². The molecule has 1 aromatic carbocycles. The molecule has 2 amide bonds. The molecule has 2 aliphatic heterocycles. The summed E-state index contributed by atoms with van der Waals surface area (Å²) in [5.74, 6) is 1.94. The normalized spacial score (nSPS) is 23.0. The van der Waals surface area contributed by atoms with Gasteiger partial charge >= 0.3 is 0 Å². The lowest BCUT2D eigenvalue weighted by Crippen LogP contribution is -2.51. The van der Waals surface area contributed by atoms with Crippen molar-refractivity contribution in [3.63, 3.8) is 0 Å². The Morgan fingerprint density at radius 1 is 1.11 bits per heavy atom. The van der Waals surface area contributed by atoms with Crippen LogP contribution in [-0.4, -0.2) is 64.2 Å². The van der Waals surface area contributed by atoms with E-state index in [1.807, 2.05) is 23.1 Å². The van der Waals surface area contributed by atoms with Gasteiger partial charge in [0.05, 0.1) is 5.69 Å². The fraction of sp³-hybridized carbons (Fsp3) is 0.474. The third kappa shape index (κ3) is 2.99. The lowest BCUT2D eigenvalue weighted by molar-refractivity contribution is -0.134. The van der Waals surface area contributed by atoms with Crippen molar-refractivity contribution in [2.75, 3.05) is 33.0 Å². The van der Waals surface area contributed by atoms with Gasteiger partial charge in [-0.25, -0.2) is 0 Å². The molecule has 0 radical (unpaired) electrons. The molecule has 1 aliphatic carbocycles. The van der Waals surface area contributed by atoms with E-state index < -0.39 is 0 Å². The van der Waals surface area contributed by atoms with E-state index >= 15 is 0 Å². The van der Waals surface area contributed by atoms with Crippen LogP contribution in [0.25, 0.3) is 0 Å². The van der Waals surface area contributed by atoms with Crippen molar-refractivity contribution >= 4 is 23.3 Å². The molecule has 146 valence electrons. The Hall–Kier alpha value is -2.68. The van der Waals surface area contributed by atoms with Crippen LogP contribution in [0.4, 0.5) is 0 Å². The topological polar surface area (TPSA) is 84.9 Å². The van der Waals surface area contributed by atoms with Gasteiger partial charge in [-0.15, -0.1) is 5.10 Å². The molecule has 2 aromatic rings. The SMILES string of the molecule is Cc1nnsc1C(=O)N1CCN(C(=O)[C@H]2C[C@@H]2c2ccc3c(c2)OCO3)CC1. The van der Waals surface area contributed by atoms with Gasteiger partial charge < -0.3 is 19.3 Å². The number of hydrogen-bond acceptors (Lipinski definition) is 7. The van der Waals surface area contributed by atoms with Gasteiger partial charge in [-0.2, -0.15) is 0 Å². The van der Waals surface area contributed by atoms with Crippen LogP contribution in [-0.2, 0) is 4.79 Å². The van der Waals surface area contributed by atoms with E-state index in [4.69, 9.17) is 9.47 Å². The minimum atomic E-state index is -0.0377. The molecule has 8 nitrogen and oxygen atoms in total. The van der Waals surface area contributed by atoms with E-state index in [0.717, 1.165) is 35.0 Å². The Balaban J connectivity index is 1.18. The molecule has 0 N–H and O–H groups in total. The molecule has 2 atom stereocenters. The Kier molecular flexibility index (Phi) is 4.19. The summed E-state index contributed by atoms with van der Waals surface area (Å²) in [7, 11) is 0. The highest BCUT2D eigenvalue weighted by atomic mass is 32.1. The van der Waals surface area contributed by atoms with Crippen LogP contribution in [0.3, 0.4) is 0 Å². The van der Waals surface area contributed by atoms with E-state index in [0.29, 0.717) is 36.8 Å². The van der Waals surface area contributed by atoms with E-state index in [1.54, 1.807) is 11.8 Å². The van der Waals surface area contributed by atoms with Crippen molar-refractivity contribution in [3.05, 3.63) is 34.3 Å². The van der Waals surface area contributed by atoms with Crippen LogP contribution in [0, 0.1) is 12.8 Å². The standard InChI is InChI=1S/C19H20N4O4S/c1-11-17(28-21-20-11)19(25)23-6-4-22(5-7-23)18(24)14-9-13(14)12-2-3-15-16(8-12)27-10-26-15/h2-3,8,13-14H,4-7,9-10H2,1H3/t13-,14+/m1/s1. The summed E-state index contributed by atoms with van der Waals surface area (Å²) in [6.07, 6.45) is 0.864. The average Bonchev–Trinajstić information content (AvgIpc) is 3.17. The predicted molar refractivity (Wildman–Crippen MR) is 101 cm³/mol. The quantitative estimate of drug-likeness (QED) is 0.779. The molecular weight excluding hydrogens is 380 g/mol. The van der Waals surface area contributed by atoms with Crippen LogP contribution in [0.1, 0.15) is 33.3 Å². The maximum atomic E-state index is 12.9. The lowest BCUT2D eigenvalue weighted by atomic mass is 10.1. The van der Waals surface area contributed by atoms with Crippen molar-refractivity contribution in [2.24, 2.45) is 5.92 Å². The largest absolute Gasteiger partial charge is 0.454 e. The van der Waals surface area contributed by atoms with Crippen molar-refractivity contribution in [1.82, 2.24) is 19.4 Å². The summed E-state index contributed by atoms with van der Waals surface area (Å²) in [6.45, 7) is 4.28. The van der Waals surface area contributed by atoms with Crippen molar-refractivity contribution in [3.8, 4) is 11.5 Å². The third-order valence-electron chi connectivity index (χ3n) is 5.66. The smallest absolute Gasteiger partial charge is 0.267 e. The van der Waals surface area contributed by atoms with E-state index in [2.05, 4.69) is 9.59 Å². The number of piperazine rings is 1. The first-order chi connectivity index (χ1) is 13.6. The second-order valence-electron chi connectivity index (χ2n) is 7.37. The number of ether oxygens (including phenoxy) is 2. The zero-order valence-corrected chi connectivity index (χ0v) is 16.3. The highest BCUT2D eigenvalue weighted by molar-refractivity contribution is 7.07. The van der Waals surface area contributed by atoms with Crippen LogP contribution in [0.2, 0.25) is 0 Å². The molecular formula is C19H20N4O4S. The van der Waals surface area contributed by atoms with Gasteiger partial charge in [0, 0.05) is 32.1 Å². The predicted octanol–water partition coefficient (Wildman–Crippen LogP) is 1.66. The zero-order valence-electron chi connectivity index (χ0n) is 15.5. The minimum absolute atomic E-state index is 0.0237. The molecule has 0 spiro atoms. The maximum absolute atomic E-state index is 12.9. The first-order valence-corrected chi connectivity index (χ1v) is 10.2. The zero-order chi connectivity index (χ0) is 19.3. The third-order valence-corrected chi connectivity index (χ3v) is 6.47. The number of aromatic nitrogens is 2. The first kappa shape index (κ1) is 17.4. The summed E-state index contributed by atoms with van der Waals surface area (Å²) >= 11 is 1.13. The Bertz CT molecular complexity index is 938. The number of hydrogen-bond donors (Lipinski definition) is 0. The molecule has 3 aliphatic rings. The van der Waals surface area contributed by atoms with Crippen molar-refractivity contribution in [2.45, 2.75) is 19.3 Å². The minimum Gasteiger partial charge on any atom is -0.454 e. The number of benzene rings is 1. The molecule has 1 aromatic heterocycles. The van der Waals surface area contributed by atoms with Gasteiger partial charge in [-0.1, -0.05) is 10.6 Å². The fourth-order valence-corrected chi connectivity index (χ4v) is 4.54. The first-order valence-electron chi connectivity index (χ1n) is 9.38. The van der Waals surface area contributed by atoms with Gasteiger partial charge in [0.15, 0.2) is 11.5 Å². The van der Waals surface area contributed by atoms with Gasteiger partial charge in [0.1, 0.15) is 4.88 Å². The average molecular weight is 400 g/mol. The highest BCUT2D eigenvalue weighted by Crippen LogP contribution is 2.50. The van der Waals surface area contributed by atoms with Crippen molar-refractivity contribution < 1.29 is 19.1 Å². The molecule has 9 heteroatoms. The Morgan fingerprint density at radius 3 is 2.61 bits per heavy atom. The number of amides is 2. The number of rotatable bonds is 3. The van der Waals surface area contributed by atoms with Crippen LogP contribution >= 0.6 is 11.5 Å². The van der Waals surface area contributed by atoms with E-state index in [-0.39, 0.29) is 30.4 Å². The molecule has 28 heavy (non-hydrogen) atoms.